The summed E-state index contributed by atoms with van der Waals surface area (Å²) in [6, 6.07) is 6.90. The lowest BCUT2D eigenvalue weighted by molar-refractivity contribution is 0.267. The maximum atomic E-state index is 8.74. The third-order valence-corrected chi connectivity index (χ3v) is 1.79. The molecule has 0 heterocycles. The van der Waals surface area contributed by atoms with Gasteiger partial charge in [-0.3, -0.25) is 0 Å². The second-order valence-corrected chi connectivity index (χ2v) is 2.69. The number of hydrogen-bond acceptors (Lipinski definition) is 3. The molecule has 0 aliphatic heterocycles. The largest absolute Gasteiger partial charge is 0.394 e. The minimum Gasteiger partial charge on any atom is -0.394 e. The average Bonchev–Trinajstić information content (AvgIpc) is 2.17. The van der Waals surface area contributed by atoms with Crippen LogP contribution in [-0.4, -0.2) is 16.8 Å². The van der Waals surface area contributed by atoms with Crippen molar-refractivity contribution in [3.05, 3.63) is 35.4 Å². The van der Waals surface area contributed by atoms with Crippen LogP contribution in [0.1, 0.15) is 17.2 Å². The number of aliphatic hydroxyl groups excluding tert-OH is 2. The van der Waals surface area contributed by atoms with Gasteiger partial charge in [0.05, 0.1) is 19.3 Å². The van der Waals surface area contributed by atoms with Crippen molar-refractivity contribution in [2.24, 2.45) is 5.73 Å². The Balaban J connectivity index is 2.77. The highest BCUT2D eigenvalue weighted by Gasteiger charge is 2.02. The molecule has 0 aliphatic rings. The molecule has 0 fully saturated rings. The van der Waals surface area contributed by atoms with Crippen molar-refractivity contribution in [3.63, 3.8) is 0 Å². The predicted molar refractivity (Wildman–Crippen MR) is 46.4 cm³/mol. The van der Waals surface area contributed by atoms with Crippen molar-refractivity contribution in [2.75, 3.05) is 6.61 Å². The van der Waals surface area contributed by atoms with E-state index >= 15 is 0 Å². The van der Waals surface area contributed by atoms with Crippen molar-refractivity contribution in [1.29, 1.82) is 0 Å². The summed E-state index contributed by atoms with van der Waals surface area (Å²) in [5.74, 6) is 0. The highest BCUT2D eigenvalue weighted by atomic mass is 16.3. The van der Waals surface area contributed by atoms with Gasteiger partial charge in [0, 0.05) is 0 Å². The van der Waals surface area contributed by atoms with Crippen molar-refractivity contribution in [1.82, 2.24) is 0 Å². The highest BCUT2D eigenvalue weighted by molar-refractivity contribution is 5.24. The summed E-state index contributed by atoms with van der Waals surface area (Å²) in [5.41, 5.74) is 7.31. The third kappa shape index (κ3) is 2.04. The number of benzene rings is 1. The van der Waals surface area contributed by atoms with Crippen LogP contribution in [-0.2, 0) is 6.61 Å². The smallest absolute Gasteiger partial charge is 0.0681 e. The first-order chi connectivity index (χ1) is 5.77. The third-order valence-electron chi connectivity index (χ3n) is 1.79. The summed E-state index contributed by atoms with van der Waals surface area (Å²) >= 11 is 0. The van der Waals surface area contributed by atoms with E-state index < -0.39 is 0 Å². The van der Waals surface area contributed by atoms with Crippen LogP contribution in [0.25, 0.3) is 0 Å². The van der Waals surface area contributed by atoms with Gasteiger partial charge in [-0.15, -0.1) is 0 Å². The minimum atomic E-state index is -0.322. The van der Waals surface area contributed by atoms with Crippen LogP contribution in [0.5, 0.6) is 0 Å². The molecule has 1 rings (SSSR count). The molecule has 0 radical (unpaired) electrons. The van der Waals surface area contributed by atoms with E-state index in [-0.39, 0.29) is 19.3 Å². The van der Waals surface area contributed by atoms with E-state index in [1.165, 1.54) is 0 Å². The molecule has 1 aromatic carbocycles. The second-order valence-electron chi connectivity index (χ2n) is 2.69. The molecule has 4 N–H and O–H groups in total. The van der Waals surface area contributed by atoms with E-state index in [1.54, 1.807) is 12.1 Å². The first kappa shape index (κ1) is 9.19. The fourth-order valence-electron chi connectivity index (χ4n) is 0.976. The standard InChI is InChI=1S/C9H13NO2/c10-9(6-12)8-3-1-7(5-11)2-4-8/h1-4,9,11-12H,5-6,10H2/t9-/m0/s1. The fraction of sp³-hybridized carbons (Fsp3) is 0.333. The average molecular weight is 167 g/mol. The lowest BCUT2D eigenvalue weighted by Gasteiger charge is -2.08. The Morgan fingerprint density at radius 1 is 1.17 bits per heavy atom. The molecule has 0 aliphatic carbocycles. The topological polar surface area (TPSA) is 66.5 Å². The molecular weight excluding hydrogens is 154 g/mol. The highest BCUT2D eigenvalue weighted by Crippen LogP contribution is 2.10. The summed E-state index contributed by atoms with van der Waals surface area (Å²) < 4.78 is 0. The van der Waals surface area contributed by atoms with Gasteiger partial charge in [0.1, 0.15) is 0 Å². The summed E-state index contributed by atoms with van der Waals surface area (Å²) in [4.78, 5) is 0. The SMILES string of the molecule is N[C@@H](CO)c1ccc(CO)cc1. The molecule has 0 aromatic heterocycles. The quantitative estimate of drug-likeness (QED) is 0.601. The molecule has 0 spiro atoms. The molecule has 1 atom stereocenters. The summed E-state index contributed by atoms with van der Waals surface area (Å²) in [6.07, 6.45) is 0. The van der Waals surface area contributed by atoms with Gasteiger partial charge in [0.15, 0.2) is 0 Å². The molecule has 3 nitrogen and oxygen atoms in total. The zero-order valence-electron chi connectivity index (χ0n) is 6.77. The van der Waals surface area contributed by atoms with Crippen molar-refractivity contribution >= 4 is 0 Å². The van der Waals surface area contributed by atoms with Crippen LogP contribution in [0.4, 0.5) is 0 Å². The molecule has 0 saturated carbocycles. The molecule has 66 valence electrons. The van der Waals surface area contributed by atoms with Gasteiger partial charge in [-0.05, 0) is 11.1 Å². The van der Waals surface area contributed by atoms with Crippen molar-refractivity contribution in [3.8, 4) is 0 Å². The molecule has 0 bridgehead atoms. The van der Waals surface area contributed by atoms with E-state index in [0.717, 1.165) is 11.1 Å². The Kier molecular flexibility index (Phi) is 3.22. The first-order valence-corrected chi connectivity index (χ1v) is 3.84. The normalized spacial score (nSPS) is 12.9. The van der Waals surface area contributed by atoms with Crippen LogP contribution in [0.2, 0.25) is 0 Å². The lowest BCUT2D eigenvalue weighted by atomic mass is 10.1. The Morgan fingerprint density at radius 3 is 2.17 bits per heavy atom. The molecule has 0 amide bonds. The number of rotatable bonds is 3. The van der Waals surface area contributed by atoms with E-state index in [4.69, 9.17) is 15.9 Å². The van der Waals surface area contributed by atoms with Crippen LogP contribution >= 0.6 is 0 Å². The monoisotopic (exact) mass is 167 g/mol. The van der Waals surface area contributed by atoms with Crippen LogP contribution in [0.3, 0.4) is 0 Å². The summed E-state index contributed by atoms with van der Waals surface area (Å²) in [7, 11) is 0. The maximum Gasteiger partial charge on any atom is 0.0681 e. The van der Waals surface area contributed by atoms with Crippen LogP contribution < -0.4 is 5.73 Å². The second kappa shape index (κ2) is 4.21. The van der Waals surface area contributed by atoms with Gasteiger partial charge in [0.25, 0.3) is 0 Å². The molecule has 0 saturated heterocycles. The van der Waals surface area contributed by atoms with E-state index in [0.29, 0.717) is 0 Å². The fourth-order valence-corrected chi connectivity index (χ4v) is 0.976. The van der Waals surface area contributed by atoms with Gasteiger partial charge in [-0.25, -0.2) is 0 Å². The van der Waals surface area contributed by atoms with Gasteiger partial charge < -0.3 is 15.9 Å². The van der Waals surface area contributed by atoms with Gasteiger partial charge in [0.2, 0.25) is 0 Å². The zero-order chi connectivity index (χ0) is 8.97. The predicted octanol–water partition coefficient (Wildman–Crippen LogP) is 0.171. The number of aliphatic hydroxyl groups is 2. The molecule has 3 heteroatoms. The number of hydrogen-bond donors (Lipinski definition) is 3. The number of nitrogens with two attached hydrogens (primary N) is 1. The van der Waals surface area contributed by atoms with Gasteiger partial charge >= 0.3 is 0 Å². The zero-order valence-corrected chi connectivity index (χ0v) is 6.77. The molecule has 12 heavy (non-hydrogen) atoms. The molecular formula is C9H13NO2. The maximum absolute atomic E-state index is 8.74. The molecule has 0 unspecified atom stereocenters. The summed E-state index contributed by atoms with van der Waals surface area (Å²) in [6.45, 7) is -0.0207. The van der Waals surface area contributed by atoms with E-state index in [9.17, 15) is 0 Å². The van der Waals surface area contributed by atoms with Gasteiger partial charge in [-0.1, -0.05) is 24.3 Å². The Bertz CT molecular complexity index is 233. The van der Waals surface area contributed by atoms with Crippen molar-refractivity contribution < 1.29 is 10.2 Å². The van der Waals surface area contributed by atoms with E-state index in [2.05, 4.69) is 0 Å². The Hall–Kier alpha value is -0.900. The molecule has 1 aromatic rings. The van der Waals surface area contributed by atoms with E-state index in [1.807, 2.05) is 12.1 Å². The van der Waals surface area contributed by atoms with Crippen molar-refractivity contribution in [2.45, 2.75) is 12.6 Å². The van der Waals surface area contributed by atoms with Crippen LogP contribution in [0, 0.1) is 0 Å². The Morgan fingerprint density at radius 2 is 1.75 bits per heavy atom. The van der Waals surface area contributed by atoms with Gasteiger partial charge in [-0.2, -0.15) is 0 Å². The lowest BCUT2D eigenvalue weighted by Crippen LogP contribution is -2.14. The Labute approximate surface area is 71.5 Å². The van der Waals surface area contributed by atoms with Crippen LogP contribution in [0.15, 0.2) is 24.3 Å². The summed E-state index contributed by atoms with van der Waals surface area (Å²) in [5, 5.41) is 17.5. The minimum absolute atomic E-state index is 0.0364. The first-order valence-electron chi connectivity index (χ1n) is 3.84.